The minimum atomic E-state index is -0.278. The molecule has 1 atom stereocenters. The maximum Gasteiger partial charge on any atom is 0.129 e. The van der Waals surface area contributed by atoms with E-state index in [1.807, 2.05) is 7.05 Å². The van der Waals surface area contributed by atoms with Crippen molar-refractivity contribution in [1.29, 1.82) is 0 Å². The van der Waals surface area contributed by atoms with Crippen LogP contribution in [0.5, 0.6) is 0 Å². The third-order valence-corrected chi connectivity index (χ3v) is 3.53. The molecule has 0 radical (unpaired) electrons. The molecule has 1 aromatic carbocycles. The largest absolute Gasteiger partial charge is 0.329 e. The molecule has 2 nitrogen and oxygen atoms in total. The molecule has 1 rings (SSSR count). The van der Waals surface area contributed by atoms with Crippen LogP contribution in [-0.4, -0.2) is 25.0 Å². The van der Waals surface area contributed by atoms with Gasteiger partial charge in [-0.1, -0.05) is 37.4 Å². The Morgan fingerprint density at radius 3 is 2.67 bits per heavy atom. The monoisotopic (exact) mass is 272 g/mol. The van der Waals surface area contributed by atoms with Crippen molar-refractivity contribution in [3.63, 3.8) is 0 Å². The van der Waals surface area contributed by atoms with E-state index in [1.165, 1.54) is 18.9 Å². The van der Waals surface area contributed by atoms with Crippen molar-refractivity contribution in [3.8, 4) is 0 Å². The van der Waals surface area contributed by atoms with Gasteiger partial charge in [-0.15, -0.1) is 0 Å². The van der Waals surface area contributed by atoms with Gasteiger partial charge in [-0.25, -0.2) is 4.39 Å². The van der Waals surface area contributed by atoms with Gasteiger partial charge in [-0.3, -0.25) is 4.90 Å². The van der Waals surface area contributed by atoms with Crippen LogP contribution in [0.2, 0.25) is 5.02 Å². The summed E-state index contributed by atoms with van der Waals surface area (Å²) >= 11 is 6.09. The lowest BCUT2D eigenvalue weighted by atomic mass is 10.0. The van der Waals surface area contributed by atoms with Gasteiger partial charge in [-0.05, 0) is 32.1 Å². The van der Waals surface area contributed by atoms with Crippen LogP contribution < -0.4 is 5.73 Å². The van der Waals surface area contributed by atoms with E-state index in [2.05, 4.69) is 11.8 Å². The molecule has 0 aliphatic rings. The number of benzene rings is 1. The van der Waals surface area contributed by atoms with Crippen LogP contribution in [0.4, 0.5) is 4.39 Å². The van der Waals surface area contributed by atoms with Gasteiger partial charge in [0.1, 0.15) is 5.82 Å². The minimum Gasteiger partial charge on any atom is -0.329 e. The fraction of sp³-hybridized carbons (Fsp3) is 0.571. The predicted octanol–water partition coefficient (Wildman–Crippen LogP) is 3.60. The zero-order valence-electron chi connectivity index (χ0n) is 11.1. The third-order valence-electron chi connectivity index (χ3n) is 3.20. The first-order valence-corrected chi connectivity index (χ1v) is 6.83. The van der Waals surface area contributed by atoms with Crippen LogP contribution in [0.3, 0.4) is 0 Å². The van der Waals surface area contributed by atoms with Gasteiger partial charge in [0.25, 0.3) is 0 Å². The highest BCUT2D eigenvalue weighted by molar-refractivity contribution is 6.31. The van der Waals surface area contributed by atoms with Gasteiger partial charge >= 0.3 is 0 Å². The van der Waals surface area contributed by atoms with Crippen molar-refractivity contribution in [1.82, 2.24) is 4.90 Å². The lowest BCUT2D eigenvalue weighted by Gasteiger charge is -2.28. The average Bonchev–Trinajstić information content (AvgIpc) is 2.34. The molecular weight excluding hydrogens is 251 g/mol. The number of unbranched alkanes of at least 4 members (excludes halogenated alkanes) is 2. The van der Waals surface area contributed by atoms with E-state index < -0.39 is 0 Å². The maximum atomic E-state index is 13.9. The normalized spacial score (nSPS) is 13.0. The molecule has 0 aliphatic carbocycles. The summed E-state index contributed by atoms with van der Waals surface area (Å²) in [5, 5.41) is 0.452. The maximum absolute atomic E-state index is 13.9. The van der Waals surface area contributed by atoms with Gasteiger partial charge in [-0.2, -0.15) is 0 Å². The molecular formula is C14H22ClFN2. The number of likely N-dealkylation sites (N-methyl/N-ethyl adjacent to an activating group) is 1. The van der Waals surface area contributed by atoms with E-state index in [4.69, 9.17) is 17.3 Å². The second-order valence-electron chi connectivity index (χ2n) is 4.57. The number of nitrogens with two attached hydrogens (primary N) is 1. The van der Waals surface area contributed by atoms with Crippen molar-refractivity contribution in [2.45, 2.75) is 32.2 Å². The summed E-state index contributed by atoms with van der Waals surface area (Å²) < 4.78 is 13.9. The SMILES string of the molecule is CCCCCN(C)C(CN)c1c(F)cccc1Cl. The van der Waals surface area contributed by atoms with Gasteiger partial charge < -0.3 is 5.73 Å². The molecule has 0 fully saturated rings. The Labute approximate surface area is 114 Å². The van der Waals surface area contributed by atoms with Crippen molar-refractivity contribution < 1.29 is 4.39 Å². The summed E-state index contributed by atoms with van der Waals surface area (Å²) in [6.07, 6.45) is 3.43. The first-order chi connectivity index (χ1) is 8.61. The summed E-state index contributed by atoms with van der Waals surface area (Å²) in [7, 11) is 1.97. The smallest absolute Gasteiger partial charge is 0.129 e. The fourth-order valence-corrected chi connectivity index (χ4v) is 2.40. The van der Waals surface area contributed by atoms with E-state index in [9.17, 15) is 4.39 Å². The Hall–Kier alpha value is -0.640. The van der Waals surface area contributed by atoms with E-state index in [0.717, 1.165) is 13.0 Å². The summed E-state index contributed by atoms with van der Waals surface area (Å²) in [5.74, 6) is -0.278. The summed E-state index contributed by atoms with van der Waals surface area (Å²) in [4.78, 5) is 2.08. The number of nitrogens with zero attached hydrogens (tertiary/aromatic N) is 1. The van der Waals surface area contributed by atoms with Crippen LogP contribution in [0.1, 0.15) is 37.8 Å². The van der Waals surface area contributed by atoms with Crippen molar-refractivity contribution in [2.24, 2.45) is 5.73 Å². The zero-order chi connectivity index (χ0) is 13.5. The molecule has 1 unspecified atom stereocenters. The van der Waals surface area contributed by atoms with E-state index in [1.54, 1.807) is 12.1 Å². The Kier molecular flexibility index (Phi) is 6.61. The summed E-state index contributed by atoms with van der Waals surface area (Å²) in [6.45, 7) is 3.43. The van der Waals surface area contributed by atoms with Crippen molar-refractivity contribution in [2.75, 3.05) is 20.1 Å². The Morgan fingerprint density at radius 2 is 2.11 bits per heavy atom. The van der Waals surface area contributed by atoms with Crippen LogP contribution in [0, 0.1) is 5.82 Å². The lowest BCUT2D eigenvalue weighted by Crippen LogP contribution is -2.32. The first-order valence-electron chi connectivity index (χ1n) is 6.46. The zero-order valence-corrected chi connectivity index (χ0v) is 11.9. The van der Waals surface area contributed by atoms with Crippen LogP contribution in [-0.2, 0) is 0 Å². The molecule has 0 aromatic heterocycles. The fourth-order valence-electron chi connectivity index (χ4n) is 2.11. The average molecular weight is 273 g/mol. The van der Waals surface area contributed by atoms with Gasteiger partial charge in [0.05, 0.1) is 6.04 Å². The second kappa shape index (κ2) is 7.72. The van der Waals surface area contributed by atoms with Crippen molar-refractivity contribution >= 4 is 11.6 Å². The molecule has 0 amide bonds. The molecule has 18 heavy (non-hydrogen) atoms. The molecule has 0 saturated carbocycles. The lowest BCUT2D eigenvalue weighted by molar-refractivity contribution is 0.240. The van der Waals surface area contributed by atoms with Crippen LogP contribution in [0.15, 0.2) is 18.2 Å². The van der Waals surface area contributed by atoms with E-state index in [0.29, 0.717) is 17.1 Å². The quantitative estimate of drug-likeness (QED) is 0.769. The number of halogens is 2. The molecule has 4 heteroatoms. The first kappa shape index (κ1) is 15.4. The Morgan fingerprint density at radius 1 is 1.39 bits per heavy atom. The predicted molar refractivity (Wildman–Crippen MR) is 75.4 cm³/mol. The molecule has 1 aromatic rings. The number of rotatable bonds is 7. The van der Waals surface area contributed by atoms with E-state index >= 15 is 0 Å². The molecule has 0 heterocycles. The van der Waals surface area contributed by atoms with Gasteiger partial charge in [0.2, 0.25) is 0 Å². The molecule has 0 spiro atoms. The highest BCUT2D eigenvalue weighted by atomic mass is 35.5. The standard InChI is InChI=1S/C14H22ClFN2/c1-3-4-5-9-18(2)13(10-17)14-11(15)7-6-8-12(14)16/h6-8,13H,3-5,9-10,17H2,1-2H3. The summed E-state index contributed by atoms with van der Waals surface area (Å²) in [6, 6.07) is 4.61. The van der Waals surface area contributed by atoms with Gasteiger partial charge in [0, 0.05) is 17.1 Å². The molecule has 102 valence electrons. The number of hydrogen-bond acceptors (Lipinski definition) is 2. The minimum absolute atomic E-state index is 0.157. The third kappa shape index (κ3) is 3.94. The molecule has 0 saturated heterocycles. The van der Waals surface area contributed by atoms with Gasteiger partial charge in [0.15, 0.2) is 0 Å². The van der Waals surface area contributed by atoms with E-state index in [-0.39, 0.29) is 11.9 Å². The van der Waals surface area contributed by atoms with Crippen LogP contribution in [0.25, 0.3) is 0 Å². The highest BCUT2D eigenvalue weighted by Crippen LogP contribution is 2.28. The topological polar surface area (TPSA) is 29.3 Å². The van der Waals surface area contributed by atoms with Crippen LogP contribution >= 0.6 is 11.6 Å². The second-order valence-corrected chi connectivity index (χ2v) is 4.98. The molecule has 0 bridgehead atoms. The van der Waals surface area contributed by atoms with Crippen molar-refractivity contribution in [3.05, 3.63) is 34.6 Å². The Bertz CT molecular complexity index is 351. The summed E-state index contributed by atoms with van der Waals surface area (Å²) in [5.41, 5.74) is 6.30. The molecule has 0 aliphatic heterocycles. The highest BCUT2D eigenvalue weighted by Gasteiger charge is 2.21. The number of hydrogen-bond donors (Lipinski definition) is 1. The molecule has 2 N–H and O–H groups in total. The Balaban J connectivity index is 2.82.